The van der Waals surface area contributed by atoms with Crippen LogP contribution >= 0.6 is 0 Å². The van der Waals surface area contributed by atoms with E-state index in [1.54, 1.807) is 18.6 Å². The van der Waals surface area contributed by atoms with Gasteiger partial charge in [0, 0.05) is 32.2 Å². The van der Waals surface area contributed by atoms with Crippen LogP contribution in [0.25, 0.3) is 0 Å². The van der Waals surface area contributed by atoms with Gasteiger partial charge in [-0.05, 0) is 29.8 Å². The van der Waals surface area contributed by atoms with E-state index in [0.717, 1.165) is 11.3 Å². The first-order valence-electron chi connectivity index (χ1n) is 5.72. The summed E-state index contributed by atoms with van der Waals surface area (Å²) < 4.78 is 0. The molecule has 1 N–H and O–H groups in total. The minimum atomic E-state index is 0.922. The minimum absolute atomic E-state index is 0.922. The quantitative estimate of drug-likeness (QED) is 0.659. The molecule has 0 radical (unpaired) electrons. The van der Waals surface area contributed by atoms with Crippen LogP contribution in [-0.4, -0.2) is 25.3 Å². The average molecular weight is 240 g/mol. The largest absolute Gasteiger partial charge is 0.378 e. The molecule has 0 saturated carbocycles. The second kappa shape index (κ2) is 5.82. The van der Waals surface area contributed by atoms with Gasteiger partial charge in [-0.2, -0.15) is 5.10 Å². The number of hydrazone groups is 1. The highest BCUT2D eigenvalue weighted by atomic mass is 15.3. The summed E-state index contributed by atoms with van der Waals surface area (Å²) in [5.74, 6) is 0. The molecule has 0 unspecified atom stereocenters. The summed E-state index contributed by atoms with van der Waals surface area (Å²) >= 11 is 0. The Hall–Kier alpha value is -2.36. The highest BCUT2D eigenvalue weighted by molar-refractivity contribution is 5.80. The van der Waals surface area contributed by atoms with E-state index < -0.39 is 0 Å². The van der Waals surface area contributed by atoms with E-state index in [0.29, 0.717) is 0 Å². The maximum Gasteiger partial charge on any atom is 0.0592 e. The molecule has 0 atom stereocenters. The molecule has 0 fully saturated rings. The molecule has 18 heavy (non-hydrogen) atoms. The van der Waals surface area contributed by atoms with Crippen LogP contribution in [-0.2, 0) is 0 Å². The van der Waals surface area contributed by atoms with Gasteiger partial charge >= 0.3 is 0 Å². The zero-order valence-corrected chi connectivity index (χ0v) is 10.5. The number of anilines is 2. The van der Waals surface area contributed by atoms with Crippen molar-refractivity contribution in [2.24, 2.45) is 5.10 Å². The van der Waals surface area contributed by atoms with Crippen molar-refractivity contribution in [2.75, 3.05) is 24.4 Å². The third-order valence-corrected chi connectivity index (χ3v) is 2.50. The Labute approximate surface area is 107 Å². The predicted molar refractivity (Wildman–Crippen MR) is 76.2 cm³/mol. The molecule has 0 saturated heterocycles. The fraction of sp³-hybridized carbons (Fsp3) is 0.143. The Kier molecular flexibility index (Phi) is 3.91. The second-order valence-corrected chi connectivity index (χ2v) is 4.09. The molecule has 0 bridgehead atoms. The molecular formula is C14H16N4. The number of nitrogens with one attached hydrogen (secondary N) is 1. The molecule has 1 aromatic heterocycles. The third kappa shape index (κ3) is 3.31. The van der Waals surface area contributed by atoms with Crippen LogP contribution in [0.4, 0.5) is 11.4 Å². The van der Waals surface area contributed by atoms with Gasteiger partial charge < -0.3 is 4.90 Å². The zero-order valence-electron chi connectivity index (χ0n) is 10.5. The molecule has 0 aliphatic carbocycles. The lowest BCUT2D eigenvalue weighted by Crippen LogP contribution is -2.08. The fourth-order valence-corrected chi connectivity index (χ4v) is 1.47. The number of pyridine rings is 1. The lowest BCUT2D eigenvalue weighted by molar-refractivity contribution is 1.13. The Morgan fingerprint density at radius 1 is 1.06 bits per heavy atom. The van der Waals surface area contributed by atoms with Crippen LogP contribution in [0.3, 0.4) is 0 Å². The molecule has 4 nitrogen and oxygen atoms in total. The first kappa shape index (κ1) is 12.1. The van der Waals surface area contributed by atoms with Crippen molar-refractivity contribution < 1.29 is 0 Å². The van der Waals surface area contributed by atoms with Gasteiger partial charge in [0.05, 0.1) is 11.9 Å². The van der Waals surface area contributed by atoms with Crippen LogP contribution in [0.5, 0.6) is 0 Å². The van der Waals surface area contributed by atoms with Crippen molar-refractivity contribution >= 4 is 17.6 Å². The average Bonchev–Trinajstić information content (AvgIpc) is 2.40. The van der Waals surface area contributed by atoms with Gasteiger partial charge in [-0.25, -0.2) is 0 Å². The van der Waals surface area contributed by atoms with Crippen LogP contribution < -0.4 is 10.3 Å². The van der Waals surface area contributed by atoms with Gasteiger partial charge in [0.1, 0.15) is 0 Å². The molecule has 4 heteroatoms. The van der Waals surface area contributed by atoms with Gasteiger partial charge in [-0.15, -0.1) is 0 Å². The van der Waals surface area contributed by atoms with E-state index in [2.05, 4.69) is 32.5 Å². The molecular weight excluding hydrogens is 224 g/mol. The zero-order chi connectivity index (χ0) is 12.8. The van der Waals surface area contributed by atoms with Crippen molar-refractivity contribution in [2.45, 2.75) is 0 Å². The number of aromatic nitrogens is 1. The lowest BCUT2D eigenvalue weighted by atomic mass is 10.2. The van der Waals surface area contributed by atoms with E-state index in [-0.39, 0.29) is 0 Å². The molecule has 1 aromatic carbocycles. The van der Waals surface area contributed by atoms with Gasteiger partial charge in [0.2, 0.25) is 0 Å². The standard InChI is InChI=1S/C14H16N4/c1-18(2)14-5-3-12(4-6-14)11-16-17-13-7-9-15-10-8-13/h3-11H,1-2H3,(H,15,17)/b16-11+. The van der Waals surface area contributed by atoms with Crippen molar-refractivity contribution in [3.8, 4) is 0 Å². The molecule has 2 aromatic rings. The van der Waals surface area contributed by atoms with E-state index in [1.165, 1.54) is 5.69 Å². The van der Waals surface area contributed by atoms with E-state index in [1.807, 2.05) is 38.4 Å². The first-order valence-corrected chi connectivity index (χ1v) is 5.72. The SMILES string of the molecule is CN(C)c1ccc(/C=N/Nc2ccncc2)cc1. The monoisotopic (exact) mass is 240 g/mol. The summed E-state index contributed by atoms with van der Waals surface area (Å²) in [5.41, 5.74) is 6.10. The number of hydrogen-bond acceptors (Lipinski definition) is 4. The van der Waals surface area contributed by atoms with Crippen LogP contribution in [0.15, 0.2) is 53.9 Å². The van der Waals surface area contributed by atoms with Crippen LogP contribution in [0.1, 0.15) is 5.56 Å². The lowest BCUT2D eigenvalue weighted by Gasteiger charge is -2.11. The third-order valence-electron chi connectivity index (χ3n) is 2.50. The highest BCUT2D eigenvalue weighted by Gasteiger charge is 1.93. The summed E-state index contributed by atoms with van der Waals surface area (Å²) in [6.07, 6.45) is 5.24. The maximum absolute atomic E-state index is 4.17. The van der Waals surface area contributed by atoms with Crippen LogP contribution in [0.2, 0.25) is 0 Å². The Morgan fingerprint density at radius 2 is 1.72 bits per heavy atom. The molecule has 92 valence electrons. The Bertz CT molecular complexity index is 503. The second-order valence-electron chi connectivity index (χ2n) is 4.09. The Balaban J connectivity index is 1.97. The van der Waals surface area contributed by atoms with E-state index >= 15 is 0 Å². The van der Waals surface area contributed by atoms with E-state index in [9.17, 15) is 0 Å². The number of nitrogens with zero attached hydrogens (tertiary/aromatic N) is 3. The van der Waals surface area contributed by atoms with Gasteiger partial charge in [0.25, 0.3) is 0 Å². The minimum Gasteiger partial charge on any atom is -0.378 e. The van der Waals surface area contributed by atoms with E-state index in [4.69, 9.17) is 0 Å². The topological polar surface area (TPSA) is 40.5 Å². The van der Waals surface area contributed by atoms with Crippen molar-refractivity contribution in [3.05, 3.63) is 54.4 Å². The normalized spacial score (nSPS) is 10.6. The predicted octanol–water partition coefficient (Wildman–Crippen LogP) is 2.59. The number of rotatable bonds is 4. The fourth-order valence-electron chi connectivity index (χ4n) is 1.47. The van der Waals surface area contributed by atoms with Crippen molar-refractivity contribution in [3.63, 3.8) is 0 Å². The maximum atomic E-state index is 4.17. The van der Waals surface area contributed by atoms with Gasteiger partial charge in [-0.1, -0.05) is 12.1 Å². The highest BCUT2D eigenvalue weighted by Crippen LogP contribution is 2.11. The summed E-state index contributed by atoms with van der Waals surface area (Å²) in [5, 5.41) is 4.17. The summed E-state index contributed by atoms with van der Waals surface area (Å²) in [6, 6.07) is 11.9. The van der Waals surface area contributed by atoms with Gasteiger partial charge in [-0.3, -0.25) is 10.4 Å². The molecule has 0 spiro atoms. The Morgan fingerprint density at radius 3 is 2.33 bits per heavy atom. The molecule has 1 heterocycles. The van der Waals surface area contributed by atoms with Gasteiger partial charge in [0.15, 0.2) is 0 Å². The molecule has 0 amide bonds. The molecule has 0 aliphatic rings. The van der Waals surface area contributed by atoms with Crippen LogP contribution in [0, 0.1) is 0 Å². The van der Waals surface area contributed by atoms with Crippen molar-refractivity contribution in [1.82, 2.24) is 4.98 Å². The van der Waals surface area contributed by atoms with Crippen molar-refractivity contribution in [1.29, 1.82) is 0 Å². The first-order chi connectivity index (χ1) is 8.75. The molecule has 2 rings (SSSR count). The summed E-state index contributed by atoms with van der Waals surface area (Å²) in [6.45, 7) is 0. The smallest absolute Gasteiger partial charge is 0.0592 e. The summed E-state index contributed by atoms with van der Waals surface area (Å²) in [7, 11) is 4.04. The number of hydrogen-bond donors (Lipinski definition) is 1. The number of benzene rings is 1. The molecule has 0 aliphatic heterocycles. The summed E-state index contributed by atoms with van der Waals surface area (Å²) in [4.78, 5) is 6.01.